The minimum Gasteiger partial charge on any atom is -0.341 e. The molecule has 29 heavy (non-hydrogen) atoms. The number of amides is 1. The van der Waals surface area contributed by atoms with Crippen molar-refractivity contribution in [2.45, 2.75) is 37.9 Å². The van der Waals surface area contributed by atoms with Crippen LogP contribution in [0.15, 0.2) is 47.4 Å². The number of carbonyl (C=O) groups excluding carboxylic acids is 1. The lowest BCUT2D eigenvalue weighted by molar-refractivity contribution is -0.137. The van der Waals surface area contributed by atoms with Crippen molar-refractivity contribution < 1.29 is 26.4 Å². The molecule has 0 heterocycles. The highest BCUT2D eigenvalue weighted by Crippen LogP contribution is 2.29. The van der Waals surface area contributed by atoms with E-state index in [4.69, 9.17) is 0 Å². The molecule has 0 fully saturated rings. The molecule has 2 rings (SSSR count). The van der Waals surface area contributed by atoms with Gasteiger partial charge in [0.1, 0.15) is 0 Å². The number of alkyl halides is 3. The van der Waals surface area contributed by atoms with Gasteiger partial charge in [-0.1, -0.05) is 29.8 Å². The van der Waals surface area contributed by atoms with E-state index in [1.807, 2.05) is 6.92 Å². The van der Waals surface area contributed by atoms with Gasteiger partial charge in [0.05, 0.1) is 10.5 Å². The summed E-state index contributed by atoms with van der Waals surface area (Å²) in [5.74, 6) is -0.326. The van der Waals surface area contributed by atoms with E-state index in [0.29, 0.717) is 11.1 Å². The molecule has 5 nitrogen and oxygen atoms in total. The first-order valence-electron chi connectivity index (χ1n) is 8.87. The summed E-state index contributed by atoms with van der Waals surface area (Å²) in [6.45, 7) is 3.61. The lowest BCUT2D eigenvalue weighted by Crippen LogP contribution is -2.32. The van der Waals surface area contributed by atoms with E-state index in [9.17, 15) is 26.4 Å². The van der Waals surface area contributed by atoms with Gasteiger partial charge in [-0.2, -0.15) is 13.2 Å². The molecule has 1 amide bonds. The fourth-order valence-electron chi connectivity index (χ4n) is 2.82. The number of carbonyl (C=O) groups is 1. The molecular weight excluding hydrogens is 405 g/mol. The first-order valence-corrected chi connectivity index (χ1v) is 10.4. The van der Waals surface area contributed by atoms with E-state index in [0.717, 1.165) is 17.7 Å². The topological polar surface area (TPSA) is 66.5 Å². The summed E-state index contributed by atoms with van der Waals surface area (Å²) in [6.07, 6.45) is -4.48. The maximum Gasteiger partial charge on any atom is 0.416 e. The van der Waals surface area contributed by atoms with Gasteiger partial charge in [-0.25, -0.2) is 13.1 Å². The molecule has 0 unspecified atom stereocenters. The number of nitrogens with one attached hydrogen (secondary N) is 1. The summed E-state index contributed by atoms with van der Waals surface area (Å²) >= 11 is 0. The summed E-state index contributed by atoms with van der Waals surface area (Å²) < 4.78 is 65.0. The Morgan fingerprint density at radius 3 is 2.24 bits per heavy atom. The molecular formula is C20H23F3N2O3S. The van der Waals surface area contributed by atoms with Gasteiger partial charge in [0, 0.05) is 26.6 Å². The van der Waals surface area contributed by atoms with Crippen LogP contribution in [0.1, 0.15) is 28.7 Å². The van der Waals surface area contributed by atoms with Crippen molar-refractivity contribution in [3.05, 3.63) is 64.7 Å². The second kappa shape index (κ2) is 8.96. The quantitative estimate of drug-likeness (QED) is 0.732. The van der Waals surface area contributed by atoms with Crippen LogP contribution in [0.3, 0.4) is 0 Å². The number of sulfonamides is 1. The van der Waals surface area contributed by atoms with Gasteiger partial charge < -0.3 is 4.90 Å². The highest BCUT2D eigenvalue weighted by Gasteiger charge is 2.30. The van der Waals surface area contributed by atoms with Crippen LogP contribution in [-0.2, 0) is 27.5 Å². The average molecular weight is 428 g/mol. The zero-order chi connectivity index (χ0) is 21.8. The maximum atomic E-state index is 12.6. The fraction of sp³-hybridized carbons (Fsp3) is 0.350. The van der Waals surface area contributed by atoms with Crippen LogP contribution in [0, 0.1) is 13.8 Å². The van der Waals surface area contributed by atoms with Gasteiger partial charge in [-0.3, -0.25) is 4.79 Å². The molecule has 0 aliphatic rings. The molecule has 0 saturated carbocycles. The Balaban J connectivity index is 1.90. The Labute approximate surface area is 168 Å². The molecule has 158 valence electrons. The van der Waals surface area contributed by atoms with Gasteiger partial charge in [0.25, 0.3) is 0 Å². The molecule has 0 aromatic heterocycles. The molecule has 2 aromatic carbocycles. The first-order chi connectivity index (χ1) is 13.4. The van der Waals surface area contributed by atoms with Gasteiger partial charge in [0.15, 0.2) is 0 Å². The highest BCUT2D eigenvalue weighted by molar-refractivity contribution is 7.89. The van der Waals surface area contributed by atoms with Crippen LogP contribution in [0.4, 0.5) is 13.2 Å². The van der Waals surface area contributed by atoms with E-state index in [1.54, 1.807) is 19.1 Å². The van der Waals surface area contributed by atoms with Crippen molar-refractivity contribution in [1.29, 1.82) is 0 Å². The molecule has 2 aromatic rings. The Morgan fingerprint density at radius 1 is 1.07 bits per heavy atom. The Hall–Kier alpha value is -2.39. The molecule has 1 N–H and O–H groups in total. The van der Waals surface area contributed by atoms with Crippen molar-refractivity contribution >= 4 is 15.9 Å². The van der Waals surface area contributed by atoms with E-state index >= 15 is 0 Å². The molecule has 0 radical (unpaired) electrons. The van der Waals surface area contributed by atoms with Crippen molar-refractivity contribution in [2.24, 2.45) is 0 Å². The van der Waals surface area contributed by atoms with Crippen LogP contribution >= 0.6 is 0 Å². The van der Waals surface area contributed by atoms with Crippen molar-refractivity contribution in [2.75, 3.05) is 13.6 Å². The predicted molar refractivity (Wildman–Crippen MR) is 104 cm³/mol. The smallest absolute Gasteiger partial charge is 0.341 e. The largest absolute Gasteiger partial charge is 0.416 e. The molecule has 0 aliphatic carbocycles. The second-order valence-corrected chi connectivity index (χ2v) is 8.60. The fourth-order valence-corrected chi connectivity index (χ4v) is 4.08. The van der Waals surface area contributed by atoms with Crippen molar-refractivity contribution in [3.8, 4) is 0 Å². The van der Waals surface area contributed by atoms with Crippen LogP contribution in [0.25, 0.3) is 0 Å². The van der Waals surface area contributed by atoms with Gasteiger partial charge >= 0.3 is 6.18 Å². The third-order valence-corrected chi connectivity index (χ3v) is 6.00. The monoisotopic (exact) mass is 428 g/mol. The van der Waals surface area contributed by atoms with Crippen molar-refractivity contribution in [1.82, 2.24) is 9.62 Å². The molecule has 0 saturated heterocycles. The van der Waals surface area contributed by atoms with Crippen molar-refractivity contribution in [3.63, 3.8) is 0 Å². The van der Waals surface area contributed by atoms with Gasteiger partial charge in [-0.15, -0.1) is 0 Å². The van der Waals surface area contributed by atoms with Crippen LogP contribution in [0.5, 0.6) is 0 Å². The lowest BCUT2D eigenvalue weighted by Gasteiger charge is -2.18. The highest BCUT2D eigenvalue weighted by atomic mass is 32.2. The summed E-state index contributed by atoms with van der Waals surface area (Å²) in [5, 5.41) is 0. The molecule has 0 atom stereocenters. The minimum atomic E-state index is -4.41. The summed E-state index contributed by atoms with van der Waals surface area (Å²) in [5.41, 5.74) is 1.35. The SMILES string of the molecule is Cc1ccc(S(=O)(=O)NCCC(=O)N(C)Cc2ccc(C(F)(F)F)cc2)c(C)c1. The zero-order valence-corrected chi connectivity index (χ0v) is 17.2. The third kappa shape index (κ3) is 6.30. The van der Waals surface area contributed by atoms with E-state index < -0.39 is 21.8 Å². The number of halogens is 3. The molecule has 0 bridgehead atoms. The number of benzene rings is 2. The summed E-state index contributed by atoms with van der Waals surface area (Å²) in [7, 11) is -2.22. The van der Waals surface area contributed by atoms with E-state index in [-0.39, 0.29) is 30.3 Å². The second-order valence-electron chi connectivity index (χ2n) is 6.86. The molecule has 0 aliphatic heterocycles. The summed E-state index contributed by atoms with van der Waals surface area (Å²) in [4.78, 5) is 13.7. The van der Waals surface area contributed by atoms with Crippen LogP contribution in [-0.4, -0.2) is 32.8 Å². The number of hydrogen-bond acceptors (Lipinski definition) is 3. The minimum absolute atomic E-state index is 0.0682. The Kier molecular flexibility index (Phi) is 7.07. The maximum absolute atomic E-state index is 12.6. The average Bonchev–Trinajstić information content (AvgIpc) is 2.60. The van der Waals surface area contributed by atoms with E-state index in [2.05, 4.69) is 4.72 Å². The zero-order valence-electron chi connectivity index (χ0n) is 16.4. The van der Waals surface area contributed by atoms with Gasteiger partial charge in [-0.05, 0) is 43.2 Å². The Bertz CT molecular complexity index is 971. The lowest BCUT2D eigenvalue weighted by atomic mass is 10.1. The normalized spacial score (nSPS) is 12.1. The third-order valence-electron chi connectivity index (χ3n) is 4.38. The number of nitrogens with zero attached hydrogens (tertiary/aromatic N) is 1. The predicted octanol–water partition coefficient (Wildman–Crippen LogP) is 3.65. The van der Waals surface area contributed by atoms with E-state index in [1.165, 1.54) is 30.1 Å². The van der Waals surface area contributed by atoms with Crippen LogP contribution < -0.4 is 4.72 Å². The number of rotatable bonds is 7. The first kappa shape index (κ1) is 22.9. The summed E-state index contributed by atoms with van der Waals surface area (Å²) in [6, 6.07) is 9.54. The van der Waals surface area contributed by atoms with Crippen LogP contribution in [0.2, 0.25) is 0 Å². The van der Waals surface area contributed by atoms with Gasteiger partial charge in [0.2, 0.25) is 15.9 Å². The standard InChI is InChI=1S/C20H23F3N2O3S/c1-14-4-9-18(15(2)12-14)29(27,28)24-11-10-19(26)25(3)13-16-5-7-17(8-6-16)20(21,22)23/h4-9,12,24H,10-11,13H2,1-3H3. The number of aryl methyl sites for hydroxylation is 2. The molecule has 0 spiro atoms. The Morgan fingerprint density at radius 2 is 1.69 bits per heavy atom. The number of hydrogen-bond donors (Lipinski definition) is 1. The molecule has 9 heteroatoms.